The van der Waals surface area contributed by atoms with E-state index in [2.05, 4.69) is 12.2 Å². The third kappa shape index (κ3) is 8.62. The third-order valence-corrected chi connectivity index (χ3v) is 3.54. The maximum atomic E-state index is 10.9. The van der Waals surface area contributed by atoms with Gasteiger partial charge in [0.05, 0.1) is 11.6 Å². The van der Waals surface area contributed by atoms with Gasteiger partial charge in [-0.05, 0) is 37.6 Å². The first-order valence-electron chi connectivity index (χ1n) is 8.15. The number of amides is 1. The number of rotatable bonds is 12. The summed E-state index contributed by atoms with van der Waals surface area (Å²) < 4.78 is 10.9. The van der Waals surface area contributed by atoms with E-state index in [-0.39, 0.29) is 19.0 Å². The second-order valence-corrected chi connectivity index (χ2v) is 5.74. The molecule has 0 saturated carbocycles. The number of nitrogens with one attached hydrogen (secondary N) is 1. The number of hydrogen-bond donors (Lipinski definition) is 2. The predicted molar refractivity (Wildman–Crippen MR) is 100 cm³/mol. The van der Waals surface area contributed by atoms with Crippen molar-refractivity contribution in [2.45, 2.75) is 46.1 Å². The van der Waals surface area contributed by atoms with Crippen LogP contribution in [0.15, 0.2) is 12.1 Å². The van der Waals surface area contributed by atoms with Gasteiger partial charge in [0, 0.05) is 6.54 Å². The van der Waals surface area contributed by atoms with E-state index in [1.54, 1.807) is 0 Å². The standard InChI is InChI=1S/C17H27ClN2O3.ClH/c1-3-5-6-7-8-20-11-13-9-14(18)17(23-12-16(19)21)15(10-13)22-4-2;/h9-10,20H,3-8,11-12H2,1-2H3,(H2,19,21);1H. The van der Waals surface area contributed by atoms with Crippen molar-refractivity contribution >= 4 is 29.9 Å². The van der Waals surface area contributed by atoms with Crippen molar-refractivity contribution in [3.05, 3.63) is 22.7 Å². The number of halogens is 2. The lowest BCUT2D eigenvalue weighted by atomic mass is 10.2. The Hall–Kier alpha value is -1.17. The van der Waals surface area contributed by atoms with Crippen molar-refractivity contribution in [2.24, 2.45) is 5.73 Å². The highest BCUT2D eigenvalue weighted by atomic mass is 35.5. The summed E-state index contributed by atoms with van der Waals surface area (Å²) in [5, 5.41) is 3.81. The van der Waals surface area contributed by atoms with Crippen molar-refractivity contribution in [1.29, 1.82) is 0 Å². The molecule has 3 N–H and O–H groups in total. The molecule has 24 heavy (non-hydrogen) atoms. The Kier molecular flexibility index (Phi) is 12.5. The molecule has 1 aromatic carbocycles. The minimum Gasteiger partial charge on any atom is -0.490 e. The Labute approximate surface area is 155 Å². The lowest BCUT2D eigenvalue weighted by Crippen LogP contribution is -2.20. The molecule has 0 aliphatic carbocycles. The van der Waals surface area contributed by atoms with Gasteiger partial charge in [-0.1, -0.05) is 37.8 Å². The number of nitrogens with two attached hydrogens (primary N) is 1. The smallest absolute Gasteiger partial charge is 0.255 e. The van der Waals surface area contributed by atoms with Crippen LogP contribution in [0.5, 0.6) is 11.5 Å². The van der Waals surface area contributed by atoms with E-state index in [9.17, 15) is 4.79 Å². The molecule has 0 saturated heterocycles. The second-order valence-electron chi connectivity index (χ2n) is 5.33. The number of benzene rings is 1. The van der Waals surface area contributed by atoms with Gasteiger partial charge < -0.3 is 20.5 Å². The molecular formula is C17H28Cl2N2O3. The normalized spacial score (nSPS) is 10.1. The van der Waals surface area contributed by atoms with E-state index in [4.69, 9.17) is 26.8 Å². The second kappa shape index (κ2) is 13.2. The number of carbonyl (C=O) groups excluding carboxylic acids is 1. The molecule has 5 nitrogen and oxygen atoms in total. The lowest BCUT2D eigenvalue weighted by molar-refractivity contribution is -0.119. The van der Waals surface area contributed by atoms with Gasteiger partial charge >= 0.3 is 0 Å². The van der Waals surface area contributed by atoms with Gasteiger partial charge in [-0.2, -0.15) is 0 Å². The average Bonchev–Trinajstić information content (AvgIpc) is 2.50. The zero-order chi connectivity index (χ0) is 17.1. The first-order valence-corrected chi connectivity index (χ1v) is 8.53. The van der Waals surface area contributed by atoms with Crippen molar-refractivity contribution in [3.8, 4) is 11.5 Å². The van der Waals surface area contributed by atoms with Crippen LogP contribution in [-0.2, 0) is 11.3 Å². The van der Waals surface area contributed by atoms with Crippen molar-refractivity contribution < 1.29 is 14.3 Å². The molecule has 1 aromatic rings. The fraction of sp³-hybridized carbons (Fsp3) is 0.588. The van der Waals surface area contributed by atoms with Crippen LogP contribution in [0.25, 0.3) is 0 Å². The quantitative estimate of drug-likeness (QED) is 0.543. The Balaban J connectivity index is 0.00000529. The first-order chi connectivity index (χ1) is 11.1. The molecule has 0 aliphatic rings. The van der Waals surface area contributed by atoms with Gasteiger partial charge in [0.1, 0.15) is 0 Å². The van der Waals surface area contributed by atoms with E-state index in [1.807, 2.05) is 19.1 Å². The molecule has 1 amide bonds. The monoisotopic (exact) mass is 378 g/mol. The van der Waals surface area contributed by atoms with Crippen LogP contribution in [0.3, 0.4) is 0 Å². The molecule has 0 fully saturated rings. The van der Waals surface area contributed by atoms with Gasteiger partial charge in [0.25, 0.3) is 5.91 Å². The maximum Gasteiger partial charge on any atom is 0.255 e. The Bertz CT molecular complexity index is 499. The van der Waals surface area contributed by atoms with E-state index in [0.29, 0.717) is 29.7 Å². The highest BCUT2D eigenvalue weighted by Crippen LogP contribution is 2.36. The molecule has 1 rings (SSSR count). The average molecular weight is 379 g/mol. The lowest BCUT2D eigenvalue weighted by Gasteiger charge is -2.15. The molecular weight excluding hydrogens is 351 g/mol. The summed E-state index contributed by atoms with van der Waals surface area (Å²) in [6, 6.07) is 3.70. The zero-order valence-electron chi connectivity index (χ0n) is 14.4. The highest BCUT2D eigenvalue weighted by Gasteiger charge is 2.13. The molecule has 0 aliphatic heterocycles. The summed E-state index contributed by atoms with van der Waals surface area (Å²) in [5.41, 5.74) is 6.12. The van der Waals surface area contributed by atoms with Crippen LogP contribution < -0.4 is 20.5 Å². The van der Waals surface area contributed by atoms with Gasteiger partial charge in [0.2, 0.25) is 0 Å². The van der Waals surface area contributed by atoms with Crippen LogP contribution in [0, 0.1) is 0 Å². The summed E-state index contributed by atoms with van der Waals surface area (Å²) in [4.78, 5) is 10.9. The van der Waals surface area contributed by atoms with Gasteiger partial charge in [-0.15, -0.1) is 12.4 Å². The van der Waals surface area contributed by atoms with E-state index in [0.717, 1.165) is 12.1 Å². The first kappa shape index (κ1) is 22.8. The molecule has 0 bridgehead atoms. The highest BCUT2D eigenvalue weighted by molar-refractivity contribution is 6.32. The molecule has 0 spiro atoms. The molecule has 0 radical (unpaired) electrons. The van der Waals surface area contributed by atoms with E-state index in [1.165, 1.54) is 25.7 Å². The van der Waals surface area contributed by atoms with Crippen LogP contribution in [-0.4, -0.2) is 25.7 Å². The Morgan fingerprint density at radius 2 is 1.96 bits per heavy atom. The summed E-state index contributed by atoms with van der Waals surface area (Å²) in [6.07, 6.45) is 4.92. The van der Waals surface area contributed by atoms with Gasteiger partial charge in [-0.25, -0.2) is 0 Å². The zero-order valence-corrected chi connectivity index (χ0v) is 16.0. The van der Waals surface area contributed by atoms with Crippen molar-refractivity contribution in [1.82, 2.24) is 5.32 Å². The fourth-order valence-electron chi connectivity index (χ4n) is 2.18. The van der Waals surface area contributed by atoms with Crippen molar-refractivity contribution in [3.63, 3.8) is 0 Å². The number of ether oxygens (including phenoxy) is 2. The topological polar surface area (TPSA) is 73.6 Å². The minimum absolute atomic E-state index is 0. The van der Waals surface area contributed by atoms with E-state index < -0.39 is 5.91 Å². The molecule has 138 valence electrons. The third-order valence-electron chi connectivity index (χ3n) is 3.26. The van der Waals surface area contributed by atoms with E-state index >= 15 is 0 Å². The molecule has 0 heterocycles. The van der Waals surface area contributed by atoms with Crippen LogP contribution in [0.1, 0.15) is 45.1 Å². The maximum absolute atomic E-state index is 10.9. The van der Waals surface area contributed by atoms with Gasteiger partial charge in [0.15, 0.2) is 18.1 Å². The summed E-state index contributed by atoms with van der Waals surface area (Å²) >= 11 is 6.25. The summed E-state index contributed by atoms with van der Waals surface area (Å²) in [7, 11) is 0. The Morgan fingerprint density at radius 1 is 1.21 bits per heavy atom. The number of hydrogen-bond acceptors (Lipinski definition) is 4. The number of primary amides is 1. The molecule has 0 aromatic heterocycles. The van der Waals surface area contributed by atoms with Crippen molar-refractivity contribution in [2.75, 3.05) is 19.8 Å². The van der Waals surface area contributed by atoms with Gasteiger partial charge in [-0.3, -0.25) is 4.79 Å². The molecule has 0 unspecified atom stereocenters. The molecule has 7 heteroatoms. The summed E-state index contributed by atoms with van der Waals surface area (Å²) in [6.45, 7) is 6.02. The number of carbonyl (C=O) groups is 1. The molecule has 0 atom stereocenters. The van der Waals surface area contributed by atoms with Crippen LogP contribution >= 0.6 is 24.0 Å². The van der Waals surface area contributed by atoms with Crippen LogP contribution in [0.2, 0.25) is 5.02 Å². The SMILES string of the molecule is CCCCCCNCc1cc(Cl)c(OCC(N)=O)c(OCC)c1.Cl. The largest absolute Gasteiger partial charge is 0.490 e. The fourth-order valence-corrected chi connectivity index (χ4v) is 2.47. The van der Waals surface area contributed by atoms with Crippen LogP contribution in [0.4, 0.5) is 0 Å². The minimum atomic E-state index is -0.554. The summed E-state index contributed by atoms with van der Waals surface area (Å²) in [5.74, 6) is 0.337. The predicted octanol–water partition coefficient (Wildman–Crippen LogP) is 3.69. The Morgan fingerprint density at radius 3 is 2.58 bits per heavy atom. The number of unbranched alkanes of at least 4 members (excludes halogenated alkanes) is 3.